The minimum absolute atomic E-state index is 0.0281. The van der Waals surface area contributed by atoms with Gasteiger partial charge in [-0.25, -0.2) is 0 Å². The predicted octanol–water partition coefficient (Wildman–Crippen LogP) is 2.48. The average Bonchev–Trinajstić information content (AvgIpc) is 2.89. The molecule has 0 aromatic heterocycles. The summed E-state index contributed by atoms with van der Waals surface area (Å²) < 4.78 is 5.46. The van der Waals surface area contributed by atoms with Crippen LogP contribution in [0.3, 0.4) is 0 Å². The number of carbonyl (C=O) groups is 1. The molecule has 1 heterocycles. The Morgan fingerprint density at radius 3 is 2.70 bits per heavy atom. The zero-order chi connectivity index (χ0) is 14.8. The van der Waals surface area contributed by atoms with Crippen LogP contribution in [0.25, 0.3) is 0 Å². The number of rotatable bonds is 10. The highest BCUT2D eigenvalue weighted by Crippen LogP contribution is 2.15. The first kappa shape index (κ1) is 17.4. The van der Waals surface area contributed by atoms with Crippen LogP contribution in [0.5, 0.6) is 0 Å². The van der Waals surface area contributed by atoms with Crippen LogP contribution in [0.4, 0.5) is 0 Å². The second-order valence-electron chi connectivity index (χ2n) is 5.96. The molecular weight excluding hydrogens is 252 g/mol. The molecule has 0 bridgehead atoms. The lowest BCUT2D eigenvalue weighted by Crippen LogP contribution is -2.46. The predicted molar refractivity (Wildman–Crippen MR) is 82.8 cm³/mol. The van der Waals surface area contributed by atoms with E-state index >= 15 is 0 Å². The second-order valence-corrected chi connectivity index (χ2v) is 5.96. The van der Waals surface area contributed by atoms with Crippen molar-refractivity contribution < 1.29 is 9.53 Å². The van der Waals surface area contributed by atoms with E-state index in [1.165, 1.54) is 25.7 Å². The van der Waals surface area contributed by atoms with Gasteiger partial charge in [0.15, 0.2) is 0 Å². The van der Waals surface area contributed by atoms with Crippen molar-refractivity contribution in [2.45, 2.75) is 71.4 Å². The third kappa shape index (κ3) is 6.23. The average molecular weight is 284 g/mol. The Kier molecular flexibility index (Phi) is 8.86. The van der Waals surface area contributed by atoms with Gasteiger partial charge in [-0.2, -0.15) is 0 Å². The molecule has 1 rings (SSSR count). The fraction of sp³-hybridized carbons (Fsp3) is 0.938. The first-order chi connectivity index (χ1) is 9.69. The van der Waals surface area contributed by atoms with Crippen molar-refractivity contribution >= 4 is 5.91 Å². The molecule has 1 fully saturated rings. The van der Waals surface area contributed by atoms with Gasteiger partial charge in [-0.1, -0.05) is 39.5 Å². The number of nitrogens with one attached hydrogen (secondary N) is 2. The minimum Gasteiger partial charge on any atom is -0.379 e. The van der Waals surface area contributed by atoms with Gasteiger partial charge < -0.3 is 15.4 Å². The monoisotopic (exact) mass is 284 g/mol. The Labute approximate surface area is 124 Å². The lowest BCUT2D eigenvalue weighted by Gasteiger charge is -2.21. The number of carbonyl (C=O) groups excluding carboxylic acids is 1. The highest BCUT2D eigenvalue weighted by atomic mass is 16.5. The van der Waals surface area contributed by atoms with Gasteiger partial charge in [0.05, 0.1) is 19.1 Å². The van der Waals surface area contributed by atoms with Crippen LogP contribution in [0, 0.1) is 5.92 Å². The third-order valence-corrected chi connectivity index (χ3v) is 3.95. The summed E-state index contributed by atoms with van der Waals surface area (Å²) in [5.41, 5.74) is 0. The molecule has 1 saturated heterocycles. The van der Waals surface area contributed by atoms with Crippen molar-refractivity contribution in [3.63, 3.8) is 0 Å². The molecule has 0 radical (unpaired) electrons. The third-order valence-electron chi connectivity index (χ3n) is 3.95. The minimum atomic E-state index is -0.0281. The van der Waals surface area contributed by atoms with Crippen LogP contribution in [0.15, 0.2) is 0 Å². The van der Waals surface area contributed by atoms with E-state index in [1.807, 2.05) is 0 Å². The quantitative estimate of drug-likeness (QED) is 0.606. The smallest absolute Gasteiger partial charge is 0.227 e. The van der Waals surface area contributed by atoms with E-state index < -0.39 is 0 Å². The SMILES string of the molecule is CCCCCCC(C)NC(=O)C1COCC1NCCC. The molecule has 1 aliphatic rings. The Morgan fingerprint density at radius 1 is 1.20 bits per heavy atom. The molecule has 0 aromatic carbocycles. The molecule has 4 heteroatoms. The summed E-state index contributed by atoms with van der Waals surface area (Å²) in [6.45, 7) is 8.61. The Hall–Kier alpha value is -0.610. The number of hydrogen-bond donors (Lipinski definition) is 2. The van der Waals surface area contributed by atoms with Crippen molar-refractivity contribution in [3.05, 3.63) is 0 Å². The molecule has 0 aromatic rings. The summed E-state index contributed by atoms with van der Waals surface area (Å²) in [7, 11) is 0. The molecular formula is C16H32N2O2. The summed E-state index contributed by atoms with van der Waals surface area (Å²) in [5, 5.41) is 6.56. The van der Waals surface area contributed by atoms with Gasteiger partial charge in [-0.3, -0.25) is 4.79 Å². The Balaban J connectivity index is 2.26. The van der Waals surface area contributed by atoms with E-state index in [0.29, 0.717) is 13.2 Å². The standard InChI is InChI=1S/C16H32N2O2/c1-4-6-7-8-9-13(3)18-16(19)14-11-20-12-15(14)17-10-5-2/h13-15,17H,4-12H2,1-3H3,(H,18,19). The fourth-order valence-electron chi connectivity index (χ4n) is 2.64. The molecule has 1 amide bonds. The largest absolute Gasteiger partial charge is 0.379 e. The van der Waals surface area contributed by atoms with Gasteiger partial charge in [0, 0.05) is 12.1 Å². The van der Waals surface area contributed by atoms with E-state index in [9.17, 15) is 4.79 Å². The zero-order valence-corrected chi connectivity index (χ0v) is 13.4. The maximum atomic E-state index is 12.3. The first-order valence-electron chi connectivity index (χ1n) is 8.30. The maximum Gasteiger partial charge on any atom is 0.227 e. The number of hydrogen-bond acceptors (Lipinski definition) is 3. The van der Waals surface area contributed by atoms with E-state index in [1.54, 1.807) is 0 Å². The van der Waals surface area contributed by atoms with Crippen LogP contribution >= 0.6 is 0 Å². The van der Waals surface area contributed by atoms with Crippen molar-refractivity contribution in [2.75, 3.05) is 19.8 Å². The van der Waals surface area contributed by atoms with Crippen LogP contribution < -0.4 is 10.6 Å². The molecule has 1 aliphatic heterocycles. The van der Waals surface area contributed by atoms with Gasteiger partial charge in [0.1, 0.15) is 0 Å². The van der Waals surface area contributed by atoms with Gasteiger partial charge in [-0.05, 0) is 26.3 Å². The highest BCUT2D eigenvalue weighted by Gasteiger charge is 2.33. The summed E-state index contributed by atoms with van der Waals surface area (Å²) in [6.07, 6.45) is 7.17. The normalized spacial score (nSPS) is 23.8. The van der Waals surface area contributed by atoms with Crippen molar-refractivity contribution in [2.24, 2.45) is 5.92 Å². The molecule has 118 valence electrons. The summed E-state index contributed by atoms with van der Waals surface area (Å²) >= 11 is 0. The summed E-state index contributed by atoms with van der Waals surface area (Å²) in [6, 6.07) is 0.453. The van der Waals surface area contributed by atoms with Gasteiger partial charge >= 0.3 is 0 Å². The topological polar surface area (TPSA) is 50.4 Å². The first-order valence-corrected chi connectivity index (χ1v) is 8.30. The van der Waals surface area contributed by atoms with Crippen LogP contribution in [-0.4, -0.2) is 37.7 Å². The van der Waals surface area contributed by atoms with Crippen LogP contribution in [0.2, 0.25) is 0 Å². The van der Waals surface area contributed by atoms with Gasteiger partial charge in [0.2, 0.25) is 5.91 Å². The van der Waals surface area contributed by atoms with Crippen molar-refractivity contribution in [3.8, 4) is 0 Å². The Bertz CT molecular complexity index is 271. The van der Waals surface area contributed by atoms with E-state index in [2.05, 4.69) is 31.4 Å². The fourth-order valence-corrected chi connectivity index (χ4v) is 2.64. The lowest BCUT2D eigenvalue weighted by molar-refractivity contribution is -0.126. The number of unbranched alkanes of at least 4 members (excludes halogenated alkanes) is 3. The van der Waals surface area contributed by atoms with Crippen LogP contribution in [-0.2, 0) is 9.53 Å². The summed E-state index contributed by atoms with van der Waals surface area (Å²) in [4.78, 5) is 12.3. The van der Waals surface area contributed by atoms with Crippen molar-refractivity contribution in [1.29, 1.82) is 0 Å². The number of amides is 1. The van der Waals surface area contributed by atoms with Gasteiger partial charge in [-0.15, -0.1) is 0 Å². The van der Waals surface area contributed by atoms with E-state index in [-0.39, 0.29) is 23.9 Å². The molecule has 3 atom stereocenters. The molecule has 0 aliphatic carbocycles. The molecule has 4 nitrogen and oxygen atoms in total. The summed E-state index contributed by atoms with van der Waals surface area (Å²) in [5.74, 6) is 0.124. The van der Waals surface area contributed by atoms with E-state index in [0.717, 1.165) is 19.4 Å². The zero-order valence-electron chi connectivity index (χ0n) is 13.4. The molecule has 0 spiro atoms. The Morgan fingerprint density at radius 2 is 2.00 bits per heavy atom. The van der Waals surface area contributed by atoms with E-state index in [4.69, 9.17) is 4.74 Å². The maximum absolute atomic E-state index is 12.3. The second kappa shape index (κ2) is 10.2. The lowest BCUT2D eigenvalue weighted by atomic mass is 10.0. The number of ether oxygens (including phenoxy) is 1. The molecule has 2 N–H and O–H groups in total. The highest BCUT2D eigenvalue weighted by molar-refractivity contribution is 5.80. The van der Waals surface area contributed by atoms with Crippen molar-refractivity contribution in [1.82, 2.24) is 10.6 Å². The molecule has 3 unspecified atom stereocenters. The van der Waals surface area contributed by atoms with Crippen LogP contribution in [0.1, 0.15) is 59.3 Å². The molecule has 20 heavy (non-hydrogen) atoms. The molecule has 0 saturated carbocycles. The van der Waals surface area contributed by atoms with Gasteiger partial charge in [0.25, 0.3) is 0 Å².